The highest BCUT2D eigenvalue weighted by molar-refractivity contribution is 5.85. The molecule has 2 aliphatic heterocycles. The molecule has 1 spiro atoms. The van der Waals surface area contributed by atoms with Crippen LogP contribution >= 0.6 is 12.4 Å². The van der Waals surface area contributed by atoms with Crippen molar-refractivity contribution in [1.29, 1.82) is 0 Å². The molecule has 0 aliphatic carbocycles. The lowest BCUT2D eigenvalue weighted by atomic mass is 9.78. The zero-order valence-corrected chi connectivity index (χ0v) is 16.1. The first-order valence-corrected chi connectivity index (χ1v) is 9.36. The van der Waals surface area contributed by atoms with Gasteiger partial charge in [0.1, 0.15) is 0 Å². The molecule has 2 fully saturated rings. The van der Waals surface area contributed by atoms with Crippen LogP contribution in [0.5, 0.6) is 0 Å². The van der Waals surface area contributed by atoms with Gasteiger partial charge in [0.15, 0.2) is 0 Å². The highest BCUT2D eigenvalue weighted by atomic mass is 35.5. The Morgan fingerprint density at radius 2 is 1.67 bits per heavy atom. The van der Waals surface area contributed by atoms with Crippen LogP contribution in [-0.4, -0.2) is 60.9 Å². The van der Waals surface area contributed by atoms with E-state index in [-0.39, 0.29) is 24.2 Å². The minimum atomic E-state index is 0. The summed E-state index contributed by atoms with van der Waals surface area (Å²) >= 11 is 0. The molecule has 0 aromatic carbocycles. The van der Waals surface area contributed by atoms with E-state index >= 15 is 0 Å². The van der Waals surface area contributed by atoms with E-state index in [1.165, 1.54) is 6.42 Å². The van der Waals surface area contributed by atoms with Crippen molar-refractivity contribution in [3.8, 4) is 0 Å². The molecule has 6 heteroatoms. The Morgan fingerprint density at radius 3 is 2.17 bits per heavy atom. The Morgan fingerprint density at radius 1 is 1.04 bits per heavy atom. The third-order valence-corrected chi connectivity index (χ3v) is 5.40. The molecule has 0 saturated carbocycles. The zero-order valence-electron chi connectivity index (χ0n) is 15.3. The number of carbonyl (C=O) groups is 2. The van der Waals surface area contributed by atoms with Gasteiger partial charge in [-0.05, 0) is 44.1 Å². The van der Waals surface area contributed by atoms with Gasteiger partial charge in [-0.25, -0.2) is 0 Å². The fraction of sp³-hybridized carbons (Fsp3) is 0.889. The fourth-order valence-corrected chi connectivity index (χ4v) is 3.88. The van der Waals surface area contributed by atoms with E-state index in [9.17, 15) is 9.59 Å². The van der Waals surface area contributed by atoms with Gasteiger partial charge in [-0.1, -0.05) is 13.8 Å². The van der Waals surface area contributed by atoms with Crippen molar-refractivity contribution in [2.75, 3.05) is 39.3 Å². The van der Waals surface area contributed by atoms with E-state index in [2.05, 4.69) is 19.2 Å². The molecule has 0 bridgehead atoms. The SMILES string of the molecule is CCCN(CCC)C(=O)CCC(=O)N1CCC2(CCNC2)CC1.Cl. The van der Waals surface area contributed by atoms with Gasteiger partial charge in [-0.3, -0.25) is 9.59 Å². The molecule has 5 nitrogen and oxygen atoms in total. The number of nitrogens with zero attached hydrogens (tertiary/aromatic N) is 2. The first-order valence-electron chi connectivity index (χ1n) is 9.36. The summed E-state index contributed by atoms with van der Waals surface area (Å²) in [7, 11) is 0. The molecular weight excluding hydrogens is 326 g/mol. The summed E-state index contributed by atoms with van der Waals surface area (Å²) in [6.45, 7) is 9.74. The van der Waals surface area contributed by atoms with Gasteiger partial charge in [-0.2, -0.15) is 0 Å². The molecule has 140 valence electrons. The third kappa shape index (κ3) is 5.62. The van der Waals surface area contributed by atoms with Crippen molar-refractivity contribution in [2.24, 2.45) is 5.41 Å². The van der Waals surface area contributed by atoms with Gasteiger partial charge in [-0.15, -0.1) is 12.4 Å². The molecule has 0 aromatic heterocycles. The van der Waals surface area contributed by atoms with Gasteiger partial charge in [0.25, 0.3) is 0 Å². The molecule has 2 aliphatic rings. The molecule has 0 unspecified atom stereocenters. The summed E-state index contributed by atoms with van der Waals surface area (Å²) < 4.78 is 0. The number of hydrogen-bond donors (Lipinski definition) is 1. The Hall–Kier alpha value is -0.810. The monoisotopic (exact) mass is 359 g/mol. The molecule has 2 rings (SSSR count). The number of amides is 2. The van der Waals surface area contributed by atoms with Crippen LogP contribution in [0.1, 0.15) is 58.8 Å². The van der Waals surface area contributed by atoms with Gasteiger partial charge in [0.2, 0.25) is 11.8 Å². The number of carbonyl (C=O) groups excluding carboxylic acids is 2. The molecule has 2 saturated heterocycles. The summed E-state index contributed by atoms with van der Waals surface area (Å²) in [5.74, 6) is 0.294. The van der Waals surface area contributed by atoms with Crippen LogP contribution in [0.25, 0.3) is 0 Å². The van der Waals surface area contributed by atoms with Crippen LogP contribution in [0.15, 0.2) is 0 Å². The van der Waals surface area contributed by atoms with Crippen LogP contribution < -0.4 is 5.32 Å². The zero-order chi connectivity index (χ0) is 16.7. The van der Waals surface area contributed by atoms with Crippen molar-refractivity contribution < 1.29 is 9.59 Å². The molecule has 0 atom stereocenters. The lowest BCUT2D eigenvalue weighted by Gasteiger charge is -2.39. The average Bonchev–Trinajstić information content (AvgIpc) is 3.01. The molecule has 2 heterocycles. The number of piperidine rings is 1. The van der Waals surface area contributed by atoms with Crippen LogP contribution in [-0.2, 0) is 9.59 Å². The first kappa shape index (κ1) is 21.2. The number of rotatable bonds is 7. The fourth-order valence-electron chi connectivity index (χ4n) is 3.88. The Bertz CT molecular complexity index is 395. The maximum Gasteiger partial charge on any atom is 0.223 e. The second-order valence-corrected chi connectivity index (χ2v) is 7.19. The smallest absolute Gasteiger partial charge is 0.223 e. The van der Waals surface area contributed by atoms with Crippen molar-refractivity contribution in [2.45, 2.75) is 58.8 Å². The molecule has 0 aromatic rings. The van der Waals surface area contributed by atoms with E-state index in [4.69, 9.17) is 0 Å². The molecule has 2 amide bonds. The third-order valence-electron chi connectivity index (χ3n) is 5.40. The summed E-state index contributed by atoms with van der Waals surface area (Å²) in [6.07, 6.45) is 6.14. The first-order chi connectivity index (χ1) is 11.1. The van der Waals surface area contributed by atoms with Gasteiger partial charge in [0.05, 0.1) is 0 Å². The highest BCUT2D eigenvalue weighted by Gasteiger charge is 2.37. The van der Waals surface area contributed by atoms with Crippen LogP contribution in [0.3, 0.4) is 0 Å². The van der Waals surface area contributed by atoms with Crippen molar-refractivity contribution >= 4 is 24.2 Å². The normalized spacial score (nSPS) is 19.2. The average molecular weight is 360 g/mol. The number of halogens is 1. The molecular formula is C18H34ClN3O2. The largest absolute Gasteiger partial charge is 0.343 e. The maximum atomic E-state index is 12.4. The molecule has 1 N–H and O–H groups in total. The summed E-state index contributed by atoms with van der Waals surface area (Å²) in [6, 6.07) is 0. The summed E-state index contributed by atoms with van der Waals surface area (Å²) in [5, 5.41) is 3.45. The van der Waals surface area contributed by atoms with E-state index in [0.717, 1.165) is 65.0 Å². The van der Waals surface area contributed by atoms with Crippen molar-refractivity contribution in [3.05, 3.63) is 0 Å². The topological polar surface area (TPSA) is 52.7 Å². The summed E-state index contributed by atoms with van der Waals surface area (Å²) in [5.41, 5.74) is 0.436. The van der Waals surface area contributed by atoms with E-state index in [0.29, 0.717) is 18.3 Å². The predicted octanol–water partition coefficient (Wildman–Crippen LogP) is 2.44. The standard InChI is InChI=1S/C18H33N3O2.ClH/c1-3-11-20(12-4-2)16(22)5-6-17(23)21-13-8-18(9-14-21)7-10-19-15-18;/h19H,3-15H2,1-2H3;1H. The van der Waals surface area contributed by atoms with Crippen molar-refractivity contribution in [3.63, 3.8) is 0 Å². The van der Waals surface area contributed by atoms with E-state index < -0.39 is 0 Å². The molecule has 0 radical (unpaired) electrons. The minimum Gasteiger partial charge on any atom is -0.343 e. The van der Waals surface area contributed by atoms with Gasteiger partial charge >= 0.3 is 0 Å². The highest BCUT2D eigenvalue weighted by Crippen LogP contribution is 2.37. The Labute approximate surface area is 152 Å². The predicted molar refractivity (Wildman–Crippen MR) is 99.4 cm³/mol. The van der Waals surface area contributed by atoms with Crippen LogP contribution in [0, 0.1) is 5.41 Å². The lowest BCUT2D eigenvalue weighted by Crippen LogP contribution is -2.44. The minimum absolute atomic E-state index is 0. The number of hydrogen-bond acceptors (Lipinski definition) is 3. The summed E-state index contributed by atoms with van der Waals surface area (Å²) in [4.78, 5) is 28.5. The number of likely N-dealkylation sites (tertiary alicyclic amines) is 1. The van der Waals surface area contributed by atoms with E-state index in [1.54, 1.807) is 0 Å². The van der Waals surface area contributed by atoms with Gasteiger partial charge < -0.3 is 15.1 Å². The second kappa shape index (κ2) is 10.2. The molecule has 24 heavy (non-hydrogen) atoms. The lowest BCUT2D eigenvalue weighted by molar-refractivity contribution is -0.138. The quantitative estimate of drug-likeness (QED) is 0.759. The van der Waals surface area contributed by atoms with Crippen molar-refractivity contribution in [1.82, 2.24) is 15.1 Å². The van der Waals surface area contributed by atoms with Gasteiger partial charge in [0, 0.05) is 45.6 Å². The Kier molecular flexibility index (Phi) is 9.06. The maximum absolute atomic E-state index is 12.4. The number of nitrogens with one attached hydrogen (secondary N) is 1. The van der Waals surface area contributed by atoms with E-state index in [1.807, 2.05) is 9.80 Å². The van der Waals surface area contributed by atoms with Crippen LogP contribution in [0.4, 0.5) is 0 Å². The second-order valence-electron chi connectivity index (χ2n) is 7.19. The van der Waals surface area contributed by atoms with Crippen LogP contribution in [0.2, 0.25) is 0 Å². The Balaban J connectivity index is 0.00000288.